The molecule has 0 unspecified atom stereocenters. The highest BCUT2D eigenvalue weighted by molar-refractivity contribution is 6.32. The summed E-state index contributed by atoms with van der Waals surface area (Å²) >= 11 is 6.06. The number of hydrogen-bond donors (Lipinski definition) is 0. The van der Waals surface area contributed by atoms with Gasteiger partial charge in [-0.05, 0) is 17.7 Å². The van der Waals surface area contributed by atoms with E-state index >= 15 is 0 Å². The van der Waals surface area contributed by atoms with Crippen LogP contribution in [-0.4, -0.2) is 5.78 Å². The molecule has 0 aliphatic carbocycles. The number of benzene rings is 3. The van der Waals surface area contributed by atoms with E-state index in [0.29, 0.717) is 28.5 Å². The highest BCUT2D eigenvalue weighted by Gasteiger charge is 2.08. The molecule has 0 aromatic heterocycles. The van der Waals surface area contributed by atoms with Crippen LogP contribution < -0.4 is 4.74 Å². The van der Waals surface area contributed by atoms with Crippen molar-refractivity contribution in [2.45, 2.75) is 6.61 Å². The lowest BCUT2D eigenvalue weighted by Gasteiger charge is -2.08. The maximum Gasteiger partial charge on any atom is 0.193 e. The minimum atomic E-state index is 0.0178. The van der Waals surface area contributed by atoms with Gasteiger partial charge in [-0.25, -0.2) is 0 Å². The minimum Gasteiger partial charge on any atom is -0.487 e. The van der Waals surface area contributed by atoms with Crippen LogP contribution >= 0.6 is 11.6 Å². The lowest BCUT2D eigenvalue weighted by molar-refractivity contribution is 0.103. The maximum atomic E-state index is 12.3. The van der Waals surface area contributed by atoms with Crippen LogP contribution in [0, 0.1) is 0 Å². The van der Waals surface area contributed by atoms with Crippen LogP contribution in [0.3, 0.4) is 0 Å². The zero-order valence-electron chi connectivity index (χ0n) is 12.4. The summed E-state index contributed by atoms with van der Waals surface area (Å²) in [7, 11) is 0. The SMILES string of the molecule is O=C(c1ccccc1)c1ccc(COc2ccccc2Cl)cc1. The third kappa shape index (κ3) is 3.79. The van der Waals surface area contributed by atoms with E-state index in [1.54, 1.807) is 6.07 Å². The van der Waals surface area contributed by atoms with Crippen molar-refractivity contribution < 1.29 is 9.53 Å². The van der Waals surface area contributed by atoms with E-state index in [2.05, 4.69) is 0 Å². The van der Waals surface area contributed by atoms with Gasteiger partial charge in [-0.1, -0.05) is 78.3 Å². The highest BCUT2D eigenvalue weighted by Crippen LogP contribution is 2.24. The Hall–Kier alpha value is -2.58. The van der Waals surface area contributed by atoms with Crippen molar-refractivity contribution in [1.29, 1.82) is 0 Å². The quantitative estimate of drug-likeness (QED) is 0.607. The molecule has 3 aromatic rings. The molecule has 114 valence electrons. The topological polar surface area (TPSA) is 26.3 Å². The Morgan fingerprint density at radius 3 is 2.09 bits per heavy atom. The third-order valence-electron chi connectivity index (χ3n) is 3.48. The van der Waals surface area contributed by atoms with Crippen LogP contribution in [0.25, 0.3) is 0 Å². The second-order valence-corrected chi connectivity index (χ2v) is 5.52. The molecule has 0 atom stereocenters. The number of rotatable bonds is 5. The van der Waals surface area contributed by atoms with Gasteiger partial charge in [-0.15, -0.1) is 0 Å². The van der Waals surface area contributed by atoms with E-state index < -0.39 is 0 Å². The summed E-state index contributed by atoms with van der Waals surface area (Å²) < 4.78 is 5.69. The number of halogens is 1. The van der Waals surface area contributed by atoms with Gasteiger partial charge < -0.3 is 4.74 Å². The van der Waals surface area contributed by atoms with Crippen molar-refractivity contribution in [3.05, 3.63) is 101 Å². The molecule has 3 rings (SSSR count). The maximum absolute atomic E-state index is 12.3. The molecule has 0 radical (unpaired) electrons. The van der Waals surface area contributed by atoms with Crippen molar-refractivity contribution >= 4 is 17.4 Å². The molecule has 2 nitrogen and oxygen atoms in total. The fourth-order valence-corrected chi connectivity index (χ4v) is 2.42. The Morgan fingerprint density at radius 1 is 0.783 bits per heavy atom. The van der Waals surface area contributed by atoms with Crippen molar-refractivity contribution in [3.8, 4) is 5.75 Å². The van der Waals surface area contributed by atoms with E-state index in [0.717, 1.165) is 5.56 Å². The fraction of sp³-hybridized carbons (Fsp3) is 0.0500. The predicted molar refractivity (Wildman–Crippen MR) is 92.1 cm³/mol. The average Bonchev–Trinajstić information content (AvgIpc) is 2.62. The zero-order valence-corrected chi connectivity index (χ0v) is 13.2. The summed E-state index contributed by atoms with van der Waals surface area (Å²) in [6.45, 7) is 0.406. The van der Waals surface area contributed by atoms with E-state index in [4.69, 9.17) is 16.3 Å². The monoisotopic (exact) mass is 322 g/mol. The average molecular weight is 323 g/mol. The van der Waals surface area contributed by atoms with Gasteiger partial charge in [-0.2, -0.15) is 0 Å². The zero-order chi connectivity index (χ0) is 16.1. The molecule has 0 spiro atoms. The summed E-state index contributed by atoms with van der Waals surface area (Å²) in [5.74, 6) is 0.669. The summed E-state index contributed by atoms with van der Waals surface area (Å²) in [6.07, 6.45) is 0. The lowest BCUT2D eigenvalue weighted by atomic mass is 10.0. The minimum absolute atomic E-state index is 0.0178. The van der Waals surface area contributed by atoms with Crippen LogP contribution in [0.15, 0.2) is 78.9 Å². The smallest absolute Gasteiger partial charge is 0.193 e. The van der Waals surface area contributed by atoms with Gasteiger partial charge in [0.15, 0.2) is 5.78 Å². The first-order valence-corrected chi connectivity index (χ1v) is 7.68. The molecule has 0 fully saturated rings. The molecule has 0 saturated heterocycles. The molecule has 0 aliphatic rings. The molecule has 0 heterocycles. The highest BCUT2D eigenvalue weighted by atomic mass is 35.5. The molecule has 0 bridgehead atoms. The first-order valence-electron chi connectivity index (χ1n) is 7.30. The number of ketones is 1. The second kappa shape index (κ2) is 7.12. The Balaban J connectivity index is 1.68. The molecule has 0 aliphatic heterocycles. The van der Waals surface area contributed by atoms with Crippen LogP contribution in [0.4, 0.5) is 0 Å². The van der Waals surface area contributed by atoms with Gasteiger partial charge in [0.1, 0.15) is 12.4 Å². The largest absolute Gasteiger partial charge is 0.487 e. The van der Waals surface area contributed by atoms with Gasteiger partial charge >= 0.3 is 0 Å². The van der Waals surface area contributed by atoms with Crippen LogP contribution in [0.2, 0.25) is 5.02 Å². The van der Waals surface area contributed by atoms with Crippen molar-refractivity contribution in [1.82, 2.24) is 0 Å². The molecule has 0 saturated carbocycles. The van der Waals surface area contributed by atoms with Crippen LogP contribution in [-0.2, 0) is 6.61 Å². The Kier molecular flexibility index (Phi) is 4.74. The molecule has 23 heavy (non-hydrogen) atoms. The normalized spacial score (nSPS) is 10.3. The van der Waals surface area contributed by atoms with E-state index in [1.807, 2.05) is 72.8 Å². The summed E-state index contributed by atoms with van der Waals surface area (Å²) in [4.78, 5) is 12.3. The van der Waals surface area contributed by atoms with Gasteiger partial charge in [0.2, 0.25) is 0 Å². The first-order chi connectivity index (χ1) is 11.2. The van der Waals surface area contributed by atoms with Gasteiger partial charge in [0, 0.05) is 11.1 Å². The van der Waals surface area contributed by atoms with Crippen LogP contribution in [0.1, 0.15) is 21.5 Å². The van der Waals surface area contributed by atoms with Crippen molar-refractivity contribution in [2.75, 3.05) is 0 Å². The van der Waals surface area contributed by atoms with E-state index in [-0.39, 0.29) is 5.78 Å². The fourth-order valence-electron chi connectivity index (χ4n) is 2.23. The third-order valence-corrected chi connectivity index (χ3v) is 3.80. The lowest BCUT2D eigenvalue weighted by Crippen LogP contribution is -2.02. The second-order valence-electron chi connectivity index (χ2n) is 5.11. The Bertz CT molecular complexity index is 795. The predicted octanol–water partition coefficient (Wildman–Crippen LogP) is 5.15. The molecular weight excluding hydrogens is 308 g/mol. The van der Waals surface area contributed by atoms with E-state index in [9.17, 15) is 4.79 Å². The van der Waals surface area contributed by atoms with Crippen molar-refractivity contribution in [2.24, 2.45) is 0 Å². The van der Waals surface area contributed by atoms with E-state index in [1.165, 1.54) is 0 Å². The van der Waals surface area contributed by atoms with Crippen molar-refractivity contribution in [3.63, 3.8) is 0 Å². The van der Waals surface area contributed by atoms with Gasteiger partial charge in [0.05, 0.1) is 5.02 Å². The summed E-state index contributed by atoms with van der Waals surface area (Å²) in [5.41, 5.74) is 2.33. The summed E-state index contributed by atoms with van der Waals surface area (Å²) in [5, 5.41) is 0.586. The standard InChI is InChI=1S/C20H15ClO2/c21-18-8-4-5-9-19(18)23-14-15-10-12-17(13-11-15)20(22)16-6-2-1-3-7-16/h1-13H,14H2. The number of carbonyl (C=O) groups excluding carboxylic acids is 1. The number of para-hydroxylation sites is 1. The molecule has 0 amide bonds. The first kappa shape index (κ1) is 15.3. The van der Waals surface area contributed by atoms with Crippen LogP contribution in [0.5, 0.6) is 5.75 Å². The van der Waals surface area contributed by atoms with Gasteiger partial charge in [-0.3, -0.25) is 4.79 Å². The number of carbonyl (C=O) groups is 1. The number of ether oxygens (including phenoxy) is 1. The number of hydrogen-bond acceptors (Lipinski definition) is 2. The van der Waals surface area contributed by atoms with Gasteiger partial charge in [0.25, 0.3) is 0 Å². The molecular formula is C20H15ClO2. The molecule has 0 N–H and O–H groups in total. The summed E-state index contributed by atoms with van der Waals surface area (Å²) in [6, 6.07) is 24.0. The Morgan fingerprint density at radius 2 is 1.39 bits per heavy atom. The Labute approximate surface area is 140 Å². The molecule has 3 aromatic carbocycles. The molecule has 3 heteroatoms.